The van der Waals surface area contributed by atoms with Crippen molar-refractivity contribution in [1.82, 2.24) is 10.2 Å². The molecule has 1 saturated carbocycles. The third-order valence-electron chi connectivity index (χ3n) is 4.33. The maximum atomic E-state index is 5.94. The topological polar surface area (TPSA) is 24.5 Å². The van der Waals surface area contributed by atoms with E-state index in [1.165, 1.54) is 25.7 Å². The number of hydrogen-bond acceptors (Lipinski definition) is 3. The number of morpholine rings is 1. The maximum absolute atomic E-state index is 5.94. The van der Waals surface area contributed by atoms with Crippen molar-refractivity contribution in [3.63, 3.8) is 0 Å². The van der Waals surface area contributed by atoms with Crippen LogP contribution in [0.25, 0.3) is 0 Å². The number of rotatable bonds is 5. The maximum Gasteiger partial charge on any atom is 0.0731 e. The molecule has 2 aliphatic rings. The van der Waals surface area contributed by atoms with Gasteiger partial charge in [0, 0.05) is 25.2 Å². The zero-order chi connectivity index (χ0) is 13.0. The molecule has 106 valence electrons. The molecular formula is C15H30N2O. The van der Waals surface area contributed by atoms with Gasteiger partial charge in [-0.05, 0) is 32.2 Å². The molecule has 0 aromatic heterocycles. The van der Waals surface area contributed by atoms with E-state index >= 15 is 0 Å². The molecule has 2 rings (SSSR count). The minimum absolute atomic E-state index is 0.514. The van der Waals surface area contributed by atoms with E-state index < -0.39 is 0 Å². The summed E-state index contributed by atoms with van der Waals surface area (Å²) in [6.45, 7) is 11.2. The molecular weight excluding hydrogens is 224 g/mol. The number of ether oxygens (including phenoxy) is 1. The average molecular weight is 254 g/mol. The normalized spacial score (nSPS) is 31.3. The van der Waals surface area contributed by atoms with Crippen molar-refractivity contribution in [2.45, 2.75) is 64.6 Å². The van der Waals surface area contributed by atoms with Gasteiger partial charge >= 0.3 is 0 Å². The molecule has 0 amide bonds. The minimum atomic E-state index is 0.514. The van der Waals surface area contributed by atoms with Crippen LogP contribution >= 0.6 is 0 Å². The Morgan fingerprint density at radius 1 is 1.17 bits per heavy atom. The Kier molecular flexibility index (Phi) is 5.46. The molecule has 0 aromatic rings. The van der Waals surface area contributed by atoms with E-state index in [4.69, 9.17) is 4.74 Å². The monoisotopic (exact) mass is 254 g/mol. The summed E-state index contributed by atoms with van der Waals surface area (Å²) >= 11 is 0. The van der Waals surface area contributed by atoms with Gasteiger partial charge in [0.1, 0.15) is 0 Å². The molecule has 1 heterocycles. The Hall–Kier alpha value is -0.120. The number of nitrogens with one attached hydrogen (secondary N) is 1. The van der Waals surface area contributed by atoms with Gasteiger partial charge in [-0.15, -0.1) is 0 Å². The van der Waals surface area contributed by atoms with Crippen LogP contribution in [-0.4, -0.2) is 49.3 Å². The fraction of sp³-hybridized carbons (Fsp3) is 1.00. The molecule has 1 aliphatic heterocycles. The Bertz CT molecular complexity index is 243. The molecule has 0 spiro atoms. The van der Waals surface area contributed by atoms with Gasteiger partial charge in [-0.25, -0.2) is 0 Å². The van der Waals surface area contributed by atoms with Gasteiger partial charge in [-0.1, -0.05) is 26.7 Å². The van der Waals surface area contributed by atoms with Gasteiger partial charge in [0.05, 0.1) is 12.7 Å². The Morgan fingerprint density at radius 3 is 2.72 bits per heavy atom. The molecule has 0 radical (unpaired) electrons. The van der Waals surface area contributed by atoms with Crippen LogP contribution in [0.3, 0.4) is 0 Å². The summed E-state index contributed by atoms with van der Waals surface area (Å²) in [6, 6.07) is 1.32. The predicted molar refractivity (Wildman–Crippen MR) is 75.9 cm³/mol. The predicted octanol–water partition coefficient (Wildman–Crippen LogP) is 2.26. The standard InChI is InChI=1S/C15H30N2O/c1-12(2)10-16-11-13(3)17-8-9-18-15-7-5-4-6-14(15)17/h12-16H,4-11H2,1-3H3. The van der Waals surface area contributed by atoms with E-state index in [0.29, 0.717) is 18.2 Å². The smallest absolute Gasteiger partial charge is 0.0731 e. The summed E-state index contributed by atoms with van der Waals surface area (Å²) in [5.41, 5.74) is 0. The molecule has 0 bridgehead atoms. The van der Waals surface area contributed by atoms with E-state index in [9.17, 15) is 0 Å². The first-order valence-corrected chi connectivity index (χ1v) is 7.76. The highest BCUT2D eigenvalue weighted by atomic mass is 16.5. The van der Waals surface area contributed by atoms with Crippen LogP contribution in [0.4, 0.5) is 0 Å². The Balaban J connectivity index is 1.81. The van der Waals surface area contributed by atoms with Crippen LogP contribution in [0.1, 0.15) is 46.5 Å². The van der Waals surface area contributed by atoms with Crippen LogP contribution in [0, 0.1) is 5.92 Å². The Morgan fingerprint density at radius 2 is 1.94 bits per heavy atom. The van der Waals surface area contributed by atoms with Crippen LogP contribution in [0.5, 0.6) is 0 Å². The van der Waals surface area contributed by atoms with E-state index in [0.717, 1.165) is 32.2 Å². The van der Waals surface area contributed by atoms with Crippen LogP contribution in [0.15, 0.2) is 0 Å². The summed E-state index contributed by atoms with van der Waals surface area (Å²) in [5, 5.41) is 3.59. The van der Waals surface area contributed by atoms with Crippen LogP contribution in [0.2, 0.25) is 0 Å². The highest BCUT2D eigenvalue weighted by molar-refractivity contribution is 4.90. The van der Waals surface area contributed by atoms with E-state index in [1.807, 2.05) is 0 Å². The van der Waals surface area contributed by atoms with Gasteiger partial charge in [-0.2, -0.15) is 0 Å². The quantitative estimate of drug-likeness (QED) is 0.814. The summed E-state index contributed by atoms with van der Waals surface area (Å²) in [4.78, 5) is 2.70. The SMILES string of the molecule is CC(C)CNCC(C)N1CCOC2CCCCC21. The van der Waals surface area contributed by atoms with Crippen LogP contribution in [-0.2, 0) is 4.74 Å². The minimum Gasteiger partial charge on any atom is -0.375 e. The highest BCUT2D eigenvalue weighted by Crippen LogP contribution is 2.29. The summed E-state index contributed by atoms with van der Waals surface area (Å²) in [6.07, 6.45) is 5.86. The molecule has 1 N–H and O–H groups in total. The Labute approximate surface area is 112 Å². The second-order valence-electron chi connectivity index (χ2n) is 6.40. The van der Waals surface area contributed by atoms with Gasteiger partial charge < -0.3 is 10.1 Å². The first-order chi connectivity index (χ1) is 8.68. The van der Waals surface area contributed by atoms with Gasteiger partial charge in [-0.3, -0.25) is 4.90 Å². The molecule has 0 aromatic carbocycles. The first-order valence-electron chi connectivity index (χ1n) is 7.76. The molecule has 3 atom stereocenters. The van der Waals surface area contributed by atoms with Gasteiger partial charge in [0.25, 0.3) is 0 Å². The average Bonchev–Trinajstić information content (AvgIpc) is 2.37. The summed E-state index contributed by atoms with van der Waals surface area (Å²) in [5.74, 6) is 0.740. The van der Waals surface area contributed by atoms with Crippen molar-refractivity contribution in [3.8, 4) is 0 Å². The fourth-order valence-electron chi connectivity index (χ4n) is 3.37. The third-order valence-corrected chi connectivity index (χ3v) is 4.33. The summed E-state index contributed by atoms with van der Waals surface area (Å²) < 4.78 is 5.94. The molecule has 3 unspecified atom stereocenters. The van der Waals surface area contributed by atoms with Gasteiger partial charge in [0.15, 0.2) is 0 Å². The second-order valence-corrected chi connectivity index (χ2v) is 6.40. The van der Waals surface area contributed by atoms with Crippen molar-refractivity contribution in [3.05, 3.63) is 0 Å². The lowest BCUT2D eigenvalue weighted by molar-refractivity contribution is -0.0997. The first kappa shape index (κ1) is 14.3. The van der Waals surface area contributed by atoms with E-state index in [2.05, 4.69) is 31.0 Å². The largest absolute Gasteiger partial charge is 0.375 e. The van der Waals surface area contributed by atoms with Crippen molar-refractivity contribution < 1.29 is 4.74 Å². The molecule has 3 nitrogen and oxygen atoms in total. The lowest BCUT2D eigenvalue weighted by atomic mass is 9.89. The second kappa shape index (κ2) is 6.88. The van der Waals surface area contributed by atoms with Crippen molar-refractivity contribution >= 4 is 0 Å². The van der Waals surface area contributed by atoms with Crippen LogP contribution < -0.4 is 5.32 Å². The lowest BCUT2D eigenvalue weighted by Gasteiger charge is -2.46. The molecule has 2 fully saturated rings. The molecule has 1 saturated heterocycles. The highest BCUT2D eigenvalue weighted by Gasteiger charge is 2.35. The zero-order valence-electron chi connectivity index (χ0n) is 12.3. The molecule has 1 aliphatic carbocycles. The summed E-state index contributed by atoms with van der Waals surface area (Å²) in [7, 11) is 0. The van der Waals surface area contributed by atoms with E-state index in [1.54, 1.807) is 0 Å². The lowest BCUT2D eigenvalue weighted by Crippen LogP contribution is -2.57. The molecule has 18 heavy (non-hydrogen) atoms. The fourth-order valence-corrected chi connectivity index (χ4v) is 3.37. The number of hydrogen-bond donors (Lipinski definition) is 1. The van der Waals surface area contributed by atoms with Crippen molar-refractivity contribution in [1.29, 1.82) is 0 Å². The number of fused-ring (bicyclic) bond motifs is 1. The van der Waals surface area contributed by atoms with Crippen molar-refractivity contribution in [2.75, 3.05) is 26.2 Å². The van der Waals surface area contributed by atoms with E-state index in [-0.39, 0.29) is 0 Å². The molecule has 3 heteroatoms. The van der Waals surface area contributed by atoms with Gasteiger partial charge in [0.2, 0.25) is 0 Å². The zero-order valence-corrected chi connectivity index (χ0v) is 12.3. The number of nitrogens with zero attached hydrogens (tertiary/aromatic N) is 1. The van der Waals surface area contributed by atoms with Crippen molar-refractivity contribution in [2.24, 2.45) is 5.92 Å². The third kappa shape index (κ3) is 3.69.